The van der Waals surface area contributed by atoms with Gasteiger partial charge in [0.15, 0.2) is 5.65 Å². The first kappa shape index (κ1) is 14.3. The van der Waals surface area contributed by atoms with Gasteiger partial charge in [-0.3, -0.25) is 9.20 Å². The number of rotatable bonds is 7. The largest absolute Gasteiger partial charge is 0.481 e. The average Bonchev–Trinajstić information content (AvgIpc) is 2.73. The Kier molecular flexibility index (Phi) is 4.52. The van der Waals surface area contributed by atoms with Crippen molar-refractivity contribution >= 4 is 11.6 Å². The minimum atomic E-state index is -0.782. The van der Waals surface area contributed by atoms with Crippen molar-refractivity contribution in [2.75, 3.05) is 20.1 Å². The van der Waals surface area contributed by atoms with Gasteiger partial charge in [-0.25, -0.2) is 9.48 Å². The van der Waals surface area contributed by atoms with E-state index in [1.165, 1.54) is 9.08 Å². The third kappa shape index (κ3) is 3.45. The molecule has 0 bridgehead atoms. The van der Waals surface area contributed by atoms with Crippen molar-refractivity contribution in [2.45, 2.75) is 19.4 Å². The van der Waals surface area contributed by atoms with Gasteiger partial charge in [-0.05, 0) is 32.1 Å². The van der Waals surface area contributed by atoms with Crippen LogP contribution >= 0.6 is 0 Å². The number of fused-ring (bicyclic) bond motifs is 1. The molecule has 0 aromatic carbocycles. The van der Waals surface area contributed by atoms with Crippen molar-refractivity contribution in [3.63, 3.8) is 0 Å². The van der Waals surface area contributed by atoms with E-state index in [9.17, 15) is 9.59 Å². The van der Waals surface area contributed by atoms with E-state index in [1.807, 2.05) is 18.0 Å². The van der Waals surface area contributed by atoms with Crippen LogP contribution in [-0.2, 0) is 11.3 Å². The lowest BCUT2D eigenvalue weighted by Crippen LogP contribution is -2.29. The zero-order chi connectivity index (χ0) is 14.5. The molecule has 0 fully saturated rings. The zero-order valence-electron chi connectivity index (χ0n) is 11.4. The van der Waals surface area contributed by atoms with Gasteiger partial charge < -0.3 is 10.0 Å². The van der Waals surface area contributed by atoms with Gasteiger partial charge >= 0.3 is 11.7 Å². The predicted octanol–water partition coefficient (Wildman–Crippen LogP) is 0.293. The molecule has 20 heavy (non-hydrogen) atoms. The second-order valence-corrected chi connectivity index (χ2v) is 4.74. The van der Waals surface area contributed by atoms with E-state index in [4.69, 9.17) is 5.11 Å². The highest BCUT2D eigenvalue weighted by Gasteiger charge is 2.07. The molecule has 0 amide bonds. The van der Waals surface area contributed by atoms with Crippen molar-refractivity contribution in [2.24, 2.45) is 0 Å². The van der Waals surface area contributed by atoms with Crippen molar-refractivity contribution < 1.29 is 9.90 Å². The summed E-state index contributed by atoms with van der Waals surface area (Å²) < 4.78 is 2.94. The van der Waals surface area contributed by atoms with Crippen LogP contribution in [-0.4, -0.2) is 50.3 Å². The van der Waals surface area contributed by atoms with Gasteiger partial charge in [-0.2, -0.15) is 0 Å². The smallest absolute Gasteiger partial charge is 0.350 e. The molecule has 2 heterocycles. The molecule has 0 atom stereocenters. The number of hydrogen-bond acceptors (Lipinski definition) is 4. The van der Waals surface area contributed by atoms with Crippen LogP contribution < -0.4 is 5.69 Å². The van der Waals surface area contributed by atoms with Gasteiger partial charge in [-0.1, -0.05) is 6.07 Å². The molecule has 7 nitrogen and oxygen atoms in total. The summed E-state index contributed by atoms with van der Waals surface area (Å²) in [5.74, 6) is -0.782. The summed E-state index contributed by atoms with van der Waals surface area (Å²) >= 11 is 0. The second kappa shape index (κ2) is 6.33. The topological polar surface area (TPSA) is 79.8 Å². The number of pyridine rings is 1. The lowest BCUT2D eigenvalue weighted by molar-refractivity contribution is -0.137. The summed E-state index contributed by atoms with van der Waals surface area (Å²) in [6.07, 6.45) is 2.46. The summed E-state index contributed by atoms with van der Waals surface area (Å²) in [6, 6.07) is 5.41. The number of likely N-dealkylation sites (N-methyl/N-ethyl adjacent to an activating group) is 1. The SMILES string of the molecule is CN(CCCC(=O)O)CCn1nc2ccccn2c1=O. The van der Waals surface area contributed by atoms with E-state index in [-0.39, 0.29) is 12.1 Å². The van der Waals surface area contributed by atoms with Crippen molar-refractivity contribution in [1.29, 1.82) is 0 Å². The maximum Gasteiger partial charge on any atom is 0.350 e. The first-order valence-corrected chi connectivity index (χ1v) is 6.52. The molecule has 0 aliphatic heterocycles. The molecular weight excluding hydrogens is 260 g/mol. The third-order valence-electron chi connectivity index (χ3n) is 3.11. The number of aromatic nitrogens is 3. The van der Waals surface area contributed by atoms with Crippen LogP contribution in [0, 0.1) is 0 Å². The highest BCUT2D eigenvalue weighted by Crippen LogP contribution is 1.96. The maximum atomic E-state index is 12.0. The minimum Gasteiger partial charge on any atom is -0.481 e. The van der Waals surface area contributed by atoms with Gasteiger partial charge in [0.25, 0.3) is 0 Å². The molecule has 0 saturated heterocycles. The number of carboxylic acid groups (broad SMARTS) is 1. The van der Waals surface area contributed by atoms with E-state index in [0.717, 1.165) is 0 Å². The molecule has 2 rings (SSSR count). The molecule has 1 N–H and O–H groups in total. The van der Waals surface area contributed by atoms with Crippen LogP contribution in [0.4, 0.5) is 0 Å². The number of nitrogens with zero attached hydrogens (tertiary/aromatic N) is 4. The standard InChI is InChI=1S/C13H18N4O3/c1-15(7-4-6-12(18)19)9-10-17-13(20)16-8-3-2-5-11(16)14-17/h2-3,5,8H,4,6-7,9-10H2,1H3,(H,18,19). The summed E-state index contributed by atoms with van der Waals surface area (Å²) in [5, 5.41) is 12.8. The van der Waals surface area contributed by atoms with Crippen LogP contribution in [0.3, 0.4) is 0 Å². The van der Waals surface area contributed by atoms with Crippen molar-refractivity contribution in [1.82, 2.24) is 19.1 Å². The van der Waals surface area contributed by atoms with E-state index >= 15 is 0 Å². The maximum absolute atomic E-state index is 12.0. The first-order valence-electron chi connectivity index (χ1n) is 6.52. The number of aliphatic carboxylic acids is 1. The molecule has 108 valence electrons. The second-order valence-electron chi connectivity index (χ2n) is 4.74. The first-order chi connectivity index (χ1) is 9.58. The van der Waals surface area contributed by atoms with Gasteiger partial charge in [0.05, 0.1) is 6.54 Å². The van der Waals surface area contributed by atoms with E-state index in [2.05, 4.69) is 5.10 Å². The van der Waals surface area contributed by atoms with Gasteiger partial charge in [0.1, 0.15) is 0 Å². The molecule has 0 saturated carbocycles. The molecule has 7 heteroatoms. The Morgan fingerprint density at radius 3 is 2.90 bits per heavy atom. The molecule has 0 unspecified atom stereocenters. The Labute approximate surface area is 116 Å². The van der Waals surface area contributed by atoms with Crippen molar-refractivity contribution in [3.8, 4) is 0 Å². The van der Waals surface area contributed by atoms with Crippen LogP contribution in [0.1, 0.15) is 12.8 Å². The Balaban J connectivity index is 1.91. The Bertz CT molecular complexity index is 646. The summed E-state index contributed by atoms with van der Waals surface area (Å²) in [6.45, 7) is 1.84. The number of hydrogen-bond donors (Lipinski definition) is 1. The van der Waals surface area contributed by atoms with Crippen LogP contribution in [0.25, 0.3) is 5.65 Å². The van der Waals surface area contributed by atoms with E-state index < -0.39 is 5.97 Å². The van der Waals surface area contributed by atoms with Gasteiger partial charge in [0.2, 0.25) is 0 Å². The zero-order valence-corrected chi connectivity index (χ0v) is 11.4. The van der Waals surface area contributed by atoms with Crippen LogP contribution in [0.15, 0.2) is 29.2 Å². The van der Waals surface area contributed by atoms with Crippen LogP contribution in [0.5, 0.6) is 0 Å². The van der Waals surface area contributed by atoms with Crippen LogP contribution in [0.2, 0.25) is 0 Å². The fourth-order valence-corrected chi connectivity index (χ4v) is 1.99. The van der Waals surface area contributed by atoms with Gasteiger partial charge in [-0.15, -0.1) is 5.10 Å². The molecule has 0 radical (unpaired) electrons. The summed E-state index contributed by atoms with van der Waals surface area (Å²) in [4.78, 5) is 24.4. The monoisotopic (exact) mass is 278 g/mol. The number of carboxylic acids is 1. The van der Waals surface area contributed by atoms with E-state index in [1.54, 1.807) is 18.3 Å². The minimum absolute atomic E-state index is 0.153. The van der Waals surface area contributed by atoms with E-state index in [0.29, 0.717) is 31.7 Å². The average molecular weight is 278 g/mol. The molecule has 0 spiro atoms. The molecule has 0 aliphatic rings. The third-order valence-corrected chi connectivity index (χ3v) is 3.11. The quantitative estimate of drug-likeness (QED) is 0.787. The summed E-state index contributed by atoms with van der Waals surface area (Å²) in [5.41, 5.74) is 0.477. The molecule has 2 aromatic heterocycles. The molecular formula is C13H18N4O3. The highest BCUT2D eigenvalue weighted by atomic mass is 16.4. The summed E-state index contributed by atoms with van der Waals surface area (Å²) in [7, 11) is 1.91. The Hall–Kier alpha value is -2.15. The van der Waals surface area contributed by atoms with Crippen molar-refractivity contribution in [3.05, 3.63) is 34.9 Å². The Morgan fingerprint density at radius 1 is 1.40 bits per heavy atom. The lowest BCUT2D eigenvalue weighted by Gasteiger charge is -2.15. The number of carbonyl (C=O) groups is 1. The van der Waals surface area contributed by atoms with Gasteiger partial charge in [0, 0.05) is 19.2 Å². The lowest BCUT2D eigenvalue weighted by atomic mass is 10.3. The normalized spacial score (nSPS) is 11.3. The predicted molar refractivity (Wildman–Crippen MR) is 73.8 cm³/mol. The molecule has 2 aromatic rings. The fraction of sp³-hybridized carbons (Fsp3) is 0.462. The highest BCUT2D eigenvalue weighted by molar-refractivity contribution is 5.66. The Morgan fingerprint density at radius 2 is 2.20 bits per heavy atom. The fourth-order valence-electron chi connectivity index (χ4n) is 1.99. The molecule has 0 aliphatic carbocycles.